The summed E-state index contributed by atoms with van der Waals surface area (Å²) in [6.45, 7) is 1.34. The zero-order chi connectivity index (χ0) is 16.9. The van der Waals surface area contributed by atoms with E-state index in [2.05, 4.69) is 5.32 Å². The molecule has 0 aliphatic carbocycles. The second-order valence-electron chi connectivity index (χ2n) is 5.47. The van der Waals surface area contributed by atoms with E-state index in [0.717, 1.165) is 12.1 Å². The van der Waals surface area contributed by atoms with Gasteiger partial charge in [-0.2, -0.15) is 0 Å². The summed E-state index contributed by atoms with van der Waals surface area (Å²) in [6, 6.07) is 13.0. The van der Waals surface area contributed by atoms with Crippen LogP contribution in [0, 0.1) is 0 Å². The van der Waals surface area contributed by atoms with Crippen LogP contribution in [0.4, 0.5) is 11.4 Å². The number of amides is 1. The Kier molecular flexibility index (Phi) is 5.11. The predicted octanol–water partition coefficient (Wildman–Crippen LogP) is 3.58. The van der Waals surface area contributed by atoms with Crippen LogP contribution >= 0.6 is 11.6 Å². The summed E-state index contributed by atoms with van der Waals surface area (Å²) >= 11 is 6.27. The Labute approximate surface area is 146 Å². The molecular weight excluding hydrogens is 328 g/mol. The largest absolute Gasteiger partial charge is 0.490 e. The molecule has 1 aliphatic rings. The molecule has 6 heteroatoms. The number of para-hydroxylation sites is 1. The number of hydrogen-bond donors (Lipinski definition) is 1. The highest BCUT2D eigenvalue weighted by molar-refractivity contribution is 6.33. The minimum atomic E-state index is -0.0654. The van der Waals surface area contributed by atoms with E-state index in [-0.39, 0.29) is 12.5 Å². The number of ether oxygens (including phenoxy) is 2. The predicted molar refractivity (Wildman–Crippen MR) is 95.4 cm³/mol. The summed E-state index contributed by atoms with van der Waals surface area (Å²) in [6.07, 6.45) is 0.829. The molecule has 0 unspecified atom stereocenters. The average molecular weight is 347 g/mol. The monoisotopic (exact) mass is 346 g/mol. The standard InChI is InChI=1S/C18H19ClN2O3/c1-21(13-6-3-2-4-7-13)18(22)12-20-15-11-17-16(10-14(15)19)23-8-5-9-24-17/h2-4,6-7,10-11,20H,5,8-9,12H2,1H3. The molecule has 0 bridgehead atoms. The summed E-state index contributed by atoms with van der Waals surface area (Å²) in [5.74, 6) is 1.21. The molecule has 1 amide bonds. The Morgan fingerprint density at radius 1 is 1.17 bits per heavy atom. The molecule has 0 saturated heterocycles. The van der Waals surface area contributed by atoms with E-state index >= 15 is 0 Å². The molecule has 1 aliphatic heterocycles. The van der Waals surface area contributed by atoms with Gasteiger partial charge < -0.3 is 19.7 Å². The summed E-state index contributed by atoms with van der Waals surface area (Å²) in [5.41, 5.74) is 1.49. The maximum Gasteiger partial charge on any atom is 0.246 e. The van der Waals surface area contributed by atoms with Gasteiger partial charge in [0, 0.05) is 31.3 Å². The first kappa shape index (κ1) is 16.5. The molecule has 5 nitrogen and oxygen atoms in total. The SMILES string of the molecule is CN(C(=O)CNc1cc2c(cc1Cl)OCCCO2)c1ccccc1. The van der Waals surface area contributed by atoms with Gasteiger partial charge in [0.2, 0.25) is 5.91 Å². The molecule has 0 spiro atoms. The summed E-state index contributed by atoms with van der Waals surface area (Å²) in [4.78, 5) is 13.9. The smallest absolute Gasteiger partial charge is 0.246 e. The fourth-order valence-corrected chi connectivity index (χ4v) is 2.62. The van der Waals surface area contributed by atoms with Crippen LogP contribution in [-0.4, -0.2) is 32.7 Å². The van der Waals surface area contributed by atoms with E-state index in [1.54, 1.807) is 24.1 Å². The lowest BCUT2D eigenvalue weighted by atomic mass is 10.2. The maximum absolute atomic E-state index is 12.3. The lowest BCUT2D eigenvalue weighted by molar-refractivity contribution is -0.116. The zero-order valence-corrected chi connectivity index (χ0v) is 14.2. The Morgan fingerprint density at radius 3 is 2.54 bits per heavy atom. The van der Waals surface area contributed by atoms with Gasteiger partial charge in [0.1, 0.15) is 0 Å². The number of rotatable bonds is 4. The van der Waals surface area contributed by atoms with Crippen molar-refractivity contribution >= 4 is 28.9 Å². The van der Waals surface area contributed by atoms with Crippen molar-refractivity contribution in [3.05, 3.63) is 47.5 Å². The van der Waals surface area contributed by atoms with Crippen molar-refractivity contribution in [1.82, 2.24) is 0 Å². The van der Waals surface area contributed by atoms with Gasteiger partial charge in [0.15, 0.2) is 11.5 Å². The third kappa shape index (κ3) is 3.74. The van der Waals surface area contributed by atoms with Gasteiger partial charge in [-0.05, 0) is 12.1 Å². The first-order valence-electron chi connectivity index (χ1n) is 7.80. The molecule has 3 rings (SSSR count). The lowest BCUT2D eigenvalue weighted by Gasteiger charge is -2.18. The number of nitrogens with zero attached hydrogens (tertiary/aromatic N) is 1. The number of nitrogens with one attached hydrogen (secondary N) is 1. The van der Waals surface area contributed by atoms with Crippen LogP contribution in [0.1, 0.15) is 6.42 Å². The molecule has 0 saturated carbocycles. The van der Waals surface area contributed by atoms with Crippen molar-refractivity contribution < 1.29 is 14.3 Å². The van der Waals surface area contributed by atoms with Gasteiger partial charge in [0.05, 0.1) is 30.5 Å². The minimum absolute atomic E-state index is 0.0654. The third-order valence-corrected chi connectivity index (χ3v) is 4.10. The van der Waals surface area contributed by atoms with Crippen molar-refractivity contribution in [1.29, 1.82) is 0 Å². The number of anilines is 2. The first-order chi connectivity index (χ1) is 11.6. The van der Waals surface area contributed by atoms with E-state index in [0.29, 0.717) is 35.4 Å². The van der Waals surface area contributed by atoms with Gasteiger partial charge in [0.25, 0.3) is 0 Å². The molecule has 2 aromatic rings. The highest BCUT2D eigenvalue weighted by atomic mass is 35.5. The molecule has 126 valence electrons. The third-order valence-electron chi connectivity index (χ3n) is 3.78. The van der Waals surface area contributed by atoms with Gasteiger partial charge >= 0.3 is 0 Å². The van der Waals surface area contributed by atoms with Gasteiger partial charge in [-0.25, -0.2) is 0 Å². The Morgan fingerprint density at radius 2 is 1.83 bits per heavy atom. The van der Waals surface area contributed by atoms with E-state index < -0.39 is 0 Å². The Hall–Kier alpha value is -2.40. The second kappa shape index (κ2) is 7.45. The molecule has 0 aromatic heterocycles. The van der Waals surface area contributed by atoms with Gasteiger partial charge in [-0.15, -0.1) is 0 Å². The normalized spacial score (nSPS) is 13.1. The molecular formula is C18H19ClN2O3. The van der Waals surface area contributed by atoms with Gasteiger partial charge in [-0.3, -0.25) is 4.79 Å². The van der Waals surface area contributed by atoms with Crippen molar-refractivity contribution in [2.45, 2.75) is 6.42 Å². The van der Waals surface area contributed by atoms with Crippen LogP contribution in [0.5, 0.6) is 11.5 Å². The minimum Gasteiger partial charge on any atom is -0.490 e. The zero-order valence-electron chi connectivity index (χ0n) is 13.4. The highest BCUT2D eigenvalue weighted by Gasteiger charge is 2.16. The average Bonchev–Trinajstić information content (AvgIpc) is 2.84. The van der Waals surface area contributed by atoms with Crippen LogP contribution in [-0.2, 0) is 4.79 Å². The number of halogens is 1. The first-order valence-corrected chi connectivity index (χ1v) is 8.17. The van der Waals surface area contributed by atoms with Crippen LogP contribution in [0.15, 0.2) is 42.5 Å². The van der Waals surface area contributed by atoms with E-state index in [9.17, 15) is 4.79 Å². The lowest BCUT2D eigenvalue weighted by Crippen LogP contribution is -2.32. The Balaban J connectivity index is 1.68. The van der Waals surface area contributed by atoms with Crippen LogP contribution in [0.3, 0.4) is 0 Å². The maximum atomic E-state index is 12.3. The topological polar surface area (TPSA) is 50.8 Å². The molecule has 0 fully saturated rings. The number of fused-ring (bicyclic) bond motifs is 1. The van der Waals surface area contributed by atoms with E-state index in [1.807, 2.05) is 30.3 Å². The molecule has 2 aromatic carbocycles. The number of hydrogen-bond acceptors (Lipinski definition) is 4. The molecule has 0 atom stereocenters. The second-order valence-corrected chi connectivity index (χ2v) is 5.88. The van der Waals surface area contributed by atoms with E-state index in [4.69, 9.17) is 21.1 Å². The number of carbonyl (C=O) groups excluding carboxylic acids is 1. The van der Waals surface area contributed by atoms with Crippen LogP contribution in [0.25, 0.3) is 0 Å². The van der Waals surface area contributed by atoms with Crippen molar-refractivity contribution in [3.63, 3.8) is 0 Å². The van der Waals surface area contributed by atoms with Gasteiger partial charge in [-0.1, -0.05) is 29.8 Å². The number of carbonyl (C=O) groups is 1. The summed E-state index contributed by atoms with van der Waals surface area (Å²) < 4.78 is 11.2. The highest BCUT2D eigenvalue weighted by Crippen LogP contribution is 2.37. The van der Waals surface area contributed by atoms with Crippen molar-refractivity contribution in [2.24, 2.45) is 0 Å². The van der Waals surface area contributed by atoms with Crippen LogP contribution in [0.2, 0.25) is 5.02 Å². The van der Waals surface area contributed by atoms with Crippen molar-refractivity contribution in [2.75, 3.05) is 37.0 Å². The van der Waals surface area contributed by atoms with E-state index in [1.165, 1.54) is 0 Å². The molecule has 0 radical (unpaired) electrons. The number of likely N-dealkylation sites (N-methyl/N-ethyl adjacent to an activating group) is 1. The molecule has 1 heterocycles. The quantitative estimate of drug-likeness (QED) is 0.919. The summed E-state index contributed by atoms with van der Waals surface area (Å²) in [5, 5.41) is 3.57. The van der Waals surface area contributed by atoms with Crippen LogP contribution < -0.4 is 19.7 Å². The fourth-order valence-electron chi connectivity index (χ4n) is 2.40. The Bertz CT molecular complexity index is 722. The fraction of sp³-hybridized carbons (Fsp3) is 0.278. The number of benzene rings is 2. The van der Waals surface area contributed by atoms with Crippen molar-refractivity contribution in [3.8, 4) is 11.5 Å². The molecule has 24 heavy (non-hydrogen) atoms. The molecule has 1 N–H and O–H groups in total. The summed E-state index contributed by atoms with van der Waals surface area (Å²) in [7, 11) is 1.74.